The predicted molar refractivity (Wildman–Crippen MR) is 94.4 cm³/mol. The van der Waals surface area contributed by atoms with E-state index in [-0.39, 0.29) is 5.91 Å². The zero-order chi connectivity index (χ0) is 17.5. The molecular formula is C17H18ClN3O3. The third-order valence-corrected chi connectivity index (χ3v) is 3.15. The molecule has 2 aromatic carbocycles. The Morgan fingerprint density at radius 2 is 1.67 bits per heavy atom. The van der Waals surface area contributed by atoms with Crippen LogP contribution in [0.15, 0.2) is 48.5 Å². The van der Waals surface area contributed by atoms with E-state index >= 15 is 0 Å². The number of hydrogen-bond donors (Lipinski definition) is 3. The molecule has 0 saturated carbocycles. The molecule has 6 nitrogen and oxygen atoms in total. The van der Waals surface area contributed by atoms with E-state index in [1.54, 1.807) is 55.5 Å². The van der Waals surface area contributed by atoms with E-state index in [0.717, 1.165) is 0 Å². The number of anilines is 2. The molecule has 0 bridgehead atoms. The van der Waals surface area contributed by atoms with Crippen molar-refractivity contribution in [3.05, 3.63) is 53.6 Å². The molecule has 0 heterocycles. The number of carbonyl (C=O) groups is 2. The molecule has 7 heteroatoms. The summed E-state index contributed by atoms with van der Waals surface area (Å²) < 4.78 is 5.57. The summed E-state index contributed by atoms with van der Waals surface area (Å²) >= 11 is 5.81. The van der Waals surface area contributed by atoms with Crippen molar-refractivity contribution in [3.63, 3.8) is 0 Å². The van der Waals surface area contributed by atoms with Crippen LogP contribution >= 0.6 is 11.6 Å². The summed E-state index contributed by atoms with van der Waals surface area (Å²) in [5, 5.41) is 8.60. The smallest absolute Gasteiger partial charge is 0.322 e. The minimum Gasteiger partial charge on any atom is -0.471 e. The number of urea groups is 1. The first-order valence-corrected chi connectivity index (χ1v) is 7.67. The third kappa shape index (κ3) is 5.81. The second-order valence-corrected chi connectivity index (χ2v) is 5.51. The summed E-state index contributed by atoms with van der Waals surface area (Å²) in [5.74, 6) is 0.418. The molecular weight excluding hydrogens is 330 g/mol. The van der Waals surface area contributed by atoms with Gasteiger partial charge in [-0.2, -0.15) is 0 Å². The maximum atomic E-state index is 12.0. The van der Waals surface area contributed by atoms with Gasteiger partial charge in [0.05, 0.1) is 0 Å². The lowest BCUT2D eigenvalue weighted by Crippen LogP contribution is -2.39. The van der Waals surface area contributed by atoms with E-state index in [2.05, 4.69) is 16.0 Å². The van der Waals surface area contributed by atoms with Crippen LogP contribution in [0.2, 0.25) is 5.02 Å². The van der Waals surface area contributed by atoms with Crippen molar-refractivity contribution in [1.29, 1.82) is 0 Å². The molecule has 1 atom stereocenters. The topological polar surface area (TPSA) is 79.5 Å². The van der Waals surface area contributed by atoms with Crippen LogP contribution in [0.5, 0.6) is 5.75 Å². The Kier molecular flexibility index (Phi) is 6.03. The van der Waals surface area contributed by atoms with Crippen molar-refractivity contribution in [1.82, 2.24) is 5.32 Å². The molecule has 0 aliphatic carbocycles. The van der Waals surface area contributed by atoms with Crippen LogP contribution in [0.1, 0.15) is 13.8 Å². The van der Waals surface area contributed by atoms with Gasteiger partial charge in [0, 0.05) is 23.3 Å². The summed E-state index contributed by atoms with van der Waals surface area (Å²) in [6, 6.07) is 13.3. The predicted octanol–water partition coefficient (Wildman–Crippen LogP) is 3.84. The highest BCUT2D eigenvalue weighted by atomic mass is 35.5. The molecule has 24 heavy (non-hydrogen) atoms. The summed E-state index contributed by atoms with van der Waals surface area (Å²) in [6.45, 7) is 3.13. The first-order chi connectivity index (χ1) is 11.4. The highest BCUT2D eigenvalue weighted by molar-refractivity contribution is 6.30. The van der Waals surface area contributed by atoms with Crippen LogP contribution in [-0.4, -0.2) is 18.2 Å². The quantitative estimate of drug-likeness (QED) is 0.719. The molecule has 3 N–H and O–H groups in total. The summed E-state index contributed by atoms with van der Waals surface area (Å²) in [6.07, 6.45) is -0.537. The van der Waals surface area contributed by atoms with Gasteiger partial charge in [-0.15, -0.1) is 0 Å². The lowest BCUT2D eigenvalue weighted by Gasteiger charge is -2.17. The fraction of sp³-hybridized carbons (Fsp3) is 0.176. The van der Waals surface area contributed by atoms with Crippen molar-refractivity contribution in [2.24, 2.45) is 0 Å². The fourth-order valence-corrected chi connectivity index (χ4v) is 2.10. The summed E-state index contributed by atoms with van der Waals surface area (Å²) in [7, 11) is 0. The normalized spacial score (nSPS) is 11.3. The van der Waals surface area contributed by atoms with Crippen LogP contribution in [0.4, 0.5) is 16.2 Å². The SMILES string of the molecule is CC(=O)Nc1cccc(NC(=O)NC(C)Oc2ccc(Cl)cc2)c1. The maximum Gasteiger partial charge on any atom is 0.322 e. The average molecular weight is 348 g/mol. The molecule has 1 unspecified atom stereocenters. The van der Waals surface area contributed by atoms with Gasteiger partial charge in [-0.3, -0.25) is 4.79 Å². The second-order valence-electron chi connectivity index (χ2n) is 5.07. The molecule has 3 amide bonds. The van der Waals surface area contributed by atoms with Crippen molar-refractivity contribution >= 4 is 34.9 Å². The van der Waals surface area contributed by atoms with Crippen LogP contribution in [0.3, 0.4) is 0 Å². The zero-order valence-corrected chi connectivity index (χ0v) is 14.1. The zero-order valence-electron chi connectivity index (χ0n) is 13.3. The Labute approximate surface area is 145 Å². The number of benzene rings is 2. The van der Waals surface area contributed by atoms with E-state index in [9.17, 15) is 9.59 Å². The van der Waals surface area contributed by atoms with E-state index in [1.165, 1.54) is 6.92 Å². The van der Waals surface area contributed by atoms with E-state index in [0.29, 0.717) is 22.1 Å². The first kappa shape index (κ1) is 17.6. The number of hydrogen-bond acceptors (Lipinski definition) is 3. The standard InChI is InChI=1S/C17H18ClN3O3/c1-11(22)19-14-4-3-5-15(10-14)21-17(23)20-12(2)24-16-8-6-13(18)7-9-16/h3-10,12H,1-2H3,(H,19,22)(H2,20,21,23). The number of halogens is 1. The van der Waals surface area contributed by atoms with Gasteiger partial charge in [0.15, 0.2) is 6.23 Å². The van der Waals surface area contributed by atoms with Gasteiger partial charge in [0.2, 0.25) is 5.91 Å². The molecule has 0 aliphatic heterocycles. The van der Waals surface area contributed by atoms with Gasteiger partial charge in [-0.25, -0.2) is 4.79 Å². The van der Waals surface area contributed by atoms with E-state index in [1.807, 2.05) is 0 Å². The fourth-order valence-electron chi connectivity index (χ4n) is 1.98. The summed E-state index contributed by atoms with van der Waals surface area (Å²) in [5.41, 5.74) is 1.16. The molecule has 0 aromatic heterocycles. The number of rotatable bonds is 5. The average Bonchev–Trinajstić information content (AvgIpc) is 2.49. The Morgan fingerprint density at radius 1 is 1.04 bits per heavy atom. The number of nitrogens with one attached hydrogen (secondary N) is 3. The van der Waals surface area contributed by atoms with E-state index in [4.69, 9.17) is 16.3 Å². The third-order valence-electron chi connectivity index (χ3n) is 2.90. The van der Waals surface area contributed by atoms with Crippen LogP contribution in [-0.2, 0) is 4.79 Å². The van der Waals surface area contributed by atoms with Crippen LogP contribution < -0.4 is 20.7 Å². The van der Waals surface area contributed by atoms with Crippen molar-refractivity contribution in [3.8, 4) is 5.75 Å². The van der Waals surface area contributed by atoms with Gasteiger partial charge in [0.25, 0.3) is 0 Å². The molecule has 2 aromatic rings. The molecule has 0 radical (unpaired) electrons. The van der Waals surface area contributed by atoms with Gasteiger partial charge in [0.1, 0.15) is 5.75 Å². The molecule has 0 spiro atoms. The molecule has 2 rings (SSSR count). The highest BCUT2D eigenvalue weighted by Gasteiger charge is 2.09. The molecule has 126 valence electrons. The van der Waals surface area contributed by atoms with Crippen molar-refractivity contribution in [2.45, 2.75) is 20.1 Å². The summed E-state index contributed by atoms with van der Waals surface area (Å²) in [4.78, 5) is 23.0. The van der Waals surface area contributed by atoms with Gasteiger partial charge in [-0.05, 0) is 49.4 Å². The Balaban J connectivity index is 1.88. The van der Waals surface area contributed by atoms with Gasteiger partial charge in [-0.1, -0.05) is 17.7 Å². The molecule has 0 saturated heterocycles. The van der Waals surface area contributed by atoms with Gasteiger partial charge < -0.3 is 20.7 Å². The number of amides is 3. The minimum atomic E-state index is -0.537. The highest BCUT2D eigenvalue weighted by Crippen LogP contribution is 2.17. The van der Waals surface area contributed by atoms with Gasteiger partial charge >= 0.3 is 6.03 Å². The Morgan fingerprint density at radius 3 is 2.29 bits per heavy atom. The minimum absolute atomic E-state index is 0.179. The lowest BCUT2D eigenvalue weighted by molar-refractivity contribution is -0.114. The van der Waals surface area contributed by atoms with Crippen LogP contribution in [0, 0.1) is 0 Å². The largest absolute Gasteiger partial charge is 0.471 e. The lowest BCUT2D eigenvalue weighted by atomic mass is 10.3. The monoisotopic (exact) mass is 347 g/mol. The number of carbonyl (C=O) groups excluding carboxylic acids is 2. The second kappa shape index (κ2) is 8.21. The number of ether oxygens (including phenoxy) is 1. The molecule has 0 fully saturated rings. The van der Waals surface area contributed by atoms with Crippen molar-refractivity contribution in [2.75, 3.05) is 10.6 Å². The Hall–Kier alpha value is -2.73. The first-order valence-electron chi connectivity index (χ1n) is 7.30. The maximum absolute atomic E-state index is 12.0. The van der Waals surface area contributed by atoms with Crippen molar-refractivity contribution < 1.29 is 14.3 Å². The van der Waals surface area contributed by atoms with Crippen LogP contribution in [0.25, 0.3) is 0 Å². The van der Waals surface area contributed by atoms with E-state index < -0.39 is 12.3 Å². The molecule has 0 aliphatic rings. The Bertz CT molecular complexity index is 719.